The Labute approximate surface area is 162 Å². The van der Waals surface area contributed by atoms with E-state index in [9.17, 15) is 4.79 Å². The largest absolute Gasteiger partial charge is 0.481 e. The van der Waals surface area contributed by atoms with Gasteiger partial charge in [-0.25, -0.2) is 0 Å². The molecule has 0 aliphatic rings. The molecule has 2 nitrogen and oxygen atoms in total. The predicted molar refractivity (Wildman–Crippen MR) is 114 cm³/mol. The van der Waals surface area contributed by atoms with Gasteiger partial charge in [-0.3, -0.25) is 4.79 Å². The van der Waals surface area contributed by atoms with E-state index >= 15 is 0 Å². The molecule has 150 valence electrons. The molecule has 0 aliphatic heterocycles. The van der Waals surface area contributed by atoms with Crippen molar-refractivity contribution >= 4 is 5.97 Å². The Hall–Kier alpha value is -1.31. The molecule has 0 saturated carbocycles. The van der Waals surface area contributed by atoms with Crippen molar-refractivity contribution in [3.63, 3.8) is 0 Å². The number of unbranched alkanes of at least 4 members (excludes halogenated alkanes) is 14. The van der Waals surface area contributed by atoms with Crippen LogP contribution in [0.2, 0.25) is 0 Å². The van der Waals surface area contributed by atoms with Gasteiger partial charge in [0.05, 0.1) is 0 Å². The topological polar surface area (TPSA) is 37.3 Å². The average Bonchev–Trinajstić information content (AvgIpc) is 2.66. The molecule has 1 aromatic rings. The lowest BCUT2D eigenvalue weighted by molar-refractivity contribution is -0.137. The fourth-order valence-electron chi connectivity index (χ4n) is 3.03. The van der Waals surface area contributed by atoms with Gasteiger partial charge < -0.3 is 5.11 Å². The van der Waals surface area contributed by atoms with Gasteiger partial charge in [0.25, 0.3) is 0 Å². The fraction of sp³-hybridized carbons (Fsp3) is 0.708. The number of carbonyl (C=O) groups is 1. The van der Waals surface area contributed by atoms with Crippen LogP contribution in [0.5, 0.6) is 0 Å². The van der Waals surface area contributed by atoms with E-state index in [1.165, 1.54) is 83.5 Å². The first-order chi connectivity index (χ1) is 12.8. The van der Waals surface area contributed by atoms with Gasteiger partial charge >= 0.3 is 5.97 Å². The van der Waals surface area contributed by atoms with Crippen LogP contribution < -0.4 is 0 Å². The molecule has 0 unspecified atom stereocenters. The second-order valence-corrected chi connectivity index (χ2v) is 7.25. The zero-order valence-corrected chi connectivity index (χ0v) is 17.1. The molecule has 0 bridgehead atoms. The van der Waals surface area contributed by atoms with E-state index in [1.807, 2.05) is 36.4 Å². The number of hydrogen-bond acceptors (Lipinski definition) is 1. The molecule has 0 heterocycles. The first kappa shape index (κ1) is 24.7. The Kier molecular flexibility index (Phi) is 20.6. The molecule has 1 rings (SSSR count). The SMILES string of the molecule is CCCCCCCCCCCCCCCCCC(=O)O.c1ccccc1. The number of aliphatic carboxylic acids is 1. The average molecular weight is 363 g/mol. The Balaban J connectivity index is 0.000000867. The summed E-state index contributed by atoms with van der Waals surface area (Å²) < 4.78 is 0. The number of carboxylic acids is 1. The van der Waals surface area contributed by atoms with Crippen molar-refractivity contribution in [1.29, 1.82) is 0 Å². The molecule has 0 saturated heterocycles. The Bertz CT molecular complexity index is 348. The third-order valence-corrected chi connectivity index (χ3v) is 4.66. The summed E-state index contributed by atoms with van der Waals surface area (Å²) >= 11 is 0. The van der Waals surface area contributed by atoms with Crippen LogP contribution in [0.4, 0.5) is 0 Å². The minimum absolute atomic E-state index is 0.345. The Morgan fingerprint density at radius 1 is 0.538 bits per heavy atom. The molecule has 1 N–H and O–H groups in total. The van der Waals surface area contributed by atoms with Gasteiger partial charge in [0, 0.05) is 6.42 Å². The van der Waals surface area contributed by atoms with E-state index in [1.54, 1.807) is 0 Å². The van der Waals surface area contributed by atoms with Gasteiger partial charge in [0.15, 0.2) is 0 Å². The van der Waals surface area contributed by atoms with Crippen LogP contribution in [-0.2, 0) is 4.79 Å². The highest BCUT2D eigenvalue weighted by Crippen LogP contribution is 2.13. The van der Waals surface area contributed by atoms with E-state index in [4.69, 9.17) is 5.11 Å². The maximum Gasteiger partial charge on any atom is 0.303 e. The van der Waals surface area contributed by atoms with Crippen LogP contribution >= 0.6 is 0 Å². The lowest BCUT2D eigenvalue weighted by Crippen LogP contribution is -1.93. The zero-order chi connectivity index (χ0) is 19.1. The molecular weight excluding hydrogens is 320 g/mol. The fourth-order valence-corrected chi connectivity index (χ4v) is 3.03. The van der Waals surface area contributed by atoms with Crippen molar-refractivity contribution in [3.8, 4) is 0 Å². The number of carboxylic acid groups (broad SMARTS) is 1. The van der Waals surface area contributed by atoms with Crippen molar-refractivity contribution in [2.24, 2.45) is 0 Å². The predicted octanol–water partition coefficient (Wildman–Crippen LogP) is 8.02. The van der Waals surface area contributed by atoms with Crippen molar-refractivity contribution in [1.82, 2.24) is 0 Å². The summed E-state index contributed by atoms with van der Waals surface area (Å²) in [6.45, 7) is 2.27. The minimum atomic E-state index is -0.653. The second-order valence-electron chi connectivity index (χ2n) is 7.25. The van der Waals surface area contributed by atoms with Crippen LogP contribution in [-0.4, -0.2) is 11.1 Å². The molecule has 0 atom stereocenters. The maximum absolute atomic E-state index is 10.3. The van der Waals surface area contributed by atoms with Gasteiger partial charge in [-0.15, -0.1) is 0 Å². The molecule has 0 fully saturated rings. The lowest BCUT2D eigenvalue weighted by Gasteiger charge is -2.03. The summed E-state index contributed by atoms with van der Waals surface area (Å²) in [5.74, 6) is -0.653. The molecule has 0 aliphatic carbocycles. The number of rotatable bonds is 16. The number of benzene rings is 1. The highest BCUT2D eigenvalue weighted by Gasteiger charge is 1.97. The van der Waals surface area contributed by atoms with Gasteiger partial charge in [0.2, 0.25) is 0 Å². The van der Waals surface area contributed by atoms with Crippen molar-refractivity contribution in [2.75, 3.05) is 0 Å². The van der Waals surface area contributed by atoms with Gasteiger partial charge in [-0.05, 0) is 6.42 Å². The summed E-state index contributed by atoms with van der Waals surface area (Å²) in [5.41, 5.74) is 0. The van der Waals surface area contributed by atoms with E-state index in [0.29, 0.717) is 6.42 Å². The molecule has 0 aromatic heterocycles. The second kappa shape index (κ2) is 21.7. The molecule has 0 radical (unpaired) electrons. The molecule has 0 spiro atoms. The highest BCUT2D eigenvalue weighted by atomic mass is 16.4. The quantitative estimate of drug-likeness (QED) is 0.302. The van der Waals surface area contributed by atoms with Crippen molar-refractivity contribution in [2.45, 2.75) is 110 Å². The maximum atomic E-state index is 10.3. The lowest BCUT2D eigenvalue weighted by atomic mass is 10.0. The third-order valence-electron chi connectivity index (χ3n) is 4.66. The van der Waals surface area contributed by atoms with Crippen molar-refractivity contribution in [3.05, 3.63) is 36.4 Å². The smallest absolute Gasteiger partial charge is 0.303 e. The standard InChI is InChI=1S/C18H36O2.C6H6/c1-2-3-4-5-6-7-8-9-10-11-12-13-14-15-16-17-18(19)20;1-2-4-6-5-3-1/h2-17H2,1H3,(H,19,20);1-6H. The first-order valence-corrected chi connectivity index (χ1v) is 11.0. The van der Waals surface area contributed by atoms with E-state index < -0.39 is 5.97 Å². The summed E-state index contributed by atoms with van der Waals surface area (Å²) in [6, 6.07) is 12.0. The normalized spacial score (nSPS) is 10.2. The van der Waals surface area contributed by atoms with Crippen LogP contribution in [0, 0.1) is 0 Å². The minimum Gasteiger partial charge on any atom is -0.481 e. The molecular formula is C24H42O2. The Morgan fingerprint density at radius 2 is 0.808 bits per heavy atom. The summed E-state index contributed by atoms with van der Waals surface area (Å²) in [4.78, 5) is 10.3. The Morgan fingerprint density at radius 3 is 1.08 bits per heavy atom. The summed E-state index contributed by atoms with van der Waals surface area (Å²) in [6.07, 6.45) is 20.2. The first-order valence-electron chi connectivity index (χ1n) is 11.0. The van der Waals surface area contributed by atoms with Crippen LogP contribution in [0.1, 0.15) is 110 Å². The van der Waals surface area contributed by atoms with Crippen LogP contribution in [0.15, 0.2) is 36.4 Å². The van der Waals surface area contributed by atoms with Gasteiger partial charge in [0.1, 0.15) is 0 Å². The zero-order valence-electron chi connectivity index (χ0n) is 17.1. The van der Waals surface area contributed by atoms with Crippen molar-refractivity contribution < 1.29 is 9.90 Å². The van der Waals surface area contributed by atoms with Gasteiger partial charge in [-0.1, -0.05) is 133 Å². The number of hydrogen-bond donors (Lipinski definition) is 1. The summed E-state index contributed by atoms with van der Waals surface area (Å²) in [5, 5.41) is 8.52. The monoisotopic (exact) mass is 362 g/mol. The summed E-state index contributed by atoms with van der Waals surface area (Å²) in [7, 11) is 0. The molecule has 26 heavy (non-hydrogen) atoms. The van der Waals surface area contributed by atoms with E-state index in [2.05, 4.69) is 6.92 Å². The molecule has 1 aromatic carbocycles. The highest BCUT2D eigenvalue weighted by molar-refractivity contribution is 5.66. The van der Waals surface area contributed by atoms with Crippen LogP contribution in [0.25, 0.3) is 0 Å². The molecule has 0 amide bonds. The molecule has 2 heteroatoms. The van der Waals surface area contributed by atoms with Crippen LogP contribution in [0.3, 0.4) is 0 Å². The van der Waals surface area contributed by atoms with E-state index in [0.717, 1.165) is 12.8 Å². The third kappa shape index (κ3) is 22.7. The van der Waals surface area contributed by atoms with E-state index in [-0.39, 0.29) is 0 Å². The van der Waals surface area contributed by atoms with Gasteiger partial charge in [-0.2, -0.15) is 0 Å².